The molecule has 0 aliphatic heterocycles. The van der Waals surface area contributed by atoms with Crippen LogP contribution in [0.25, 0.3) is 0 Å². The van der Waals surface area contributed by atoms with Gasteiger partial charge in [0.05, 0.1) is 12.2 Å². The molecule has 0 saturated heterocycles. The van der Waals surface area contributed by atoms with Gasteiger partial charge in [-0.2, -0.15) is 0 Å². The maximum Gasteiger partial charge on any atom is 0.0594 e. The van der Waals surface area contributed by atoms with Gasteiger partial charge in [0.1, 0.15) is 0 Å². The Labute approximate surface area is 197 Å². The zero-order valence-corrected chi connectivity index (χ0v) is 22.0. The number of hydrogen-bond donors (Lipinski definition) is 2. The summed E-state index contributed by atoms with van der Waals surface area (Å²) >= 11 is 0. The second-order valence-electron chi connectivity index (χ2n) is 14.8. The van der Waals surface area contributed by atoms with Gasteiger partial charge in [0.2, 0.25) is 0 Å². The van der Waals surface area contributed by atoms with Gasteiger partial charge in [0.15, 0.2) is 0 Å². The minimum Gasteiger partial charge on any atom is -0.393 e. The zero-order valence-electron chi connectivity index (χ0n) is 22.0. The Bertz CT molecular complexity index is 801. The molecule has 5 rings (SSSR count). The molecule has 182 valence electrons. The van der Waals surface area contributed by atoms with Crippen LogP contribution in [0.3, 0.4) is 0 Å². The Morgan fingerprint density at radius 2 is 1.47 bits per heavy atom. The SMILES string of the molecule is C=C1CC[C@]2(C)CC[C@]3(C)[C@@H]([C@H]2[C@H]1C)[C@H](O)C[C@@H]1[C@@]2(C)CC[C@H](O)C(C)(C)[C@@H]2CC[C@]13C. The van der Waals surface area contributed by atoms with Gasteiger partial charge in [0.25, 0.3) is 0 Å². The van der Waals surface area contributed by atoms with E-state index in [9.17, 15) is 10.2 Å². The summed E-state index contributed by atoms with van der Waals surface area (Å²) in [7, 11) is 0. The molecular formula is C30H50O2. The largest absolute Gasteiger partial charge is 0.393 e. The highest BCUT2D eigenvalue weighted by Gasteiger charge is 2.71. The Kier molecular flexibility index (Phi) is 5.02. The van der Waals surface area contributed by atoms with Crippen molar-refractivity contribution in [2.45, 2.75) is 118 Å². The summed E-state index contributed by atoms with van der Waals surface area (Å²) in [5, 5.41) is 22.9. The molecule has 5 saturated carbocycles. The summed E-state index contributed by atoms with van der Waals surface area (Å²) in [6, 6.07) is 0. The predicted octanol–water partition coefficient (Wildman–Crippen LogP) is 7.00. The van der Waals surface area contributed by atoms with Crippen LogP contribution in [0.1, 0.15) is 106 Å². The van der Waals surface area contributed by atoms with Crippen LogP contribution < -0.4 is 0 Å². The van der Waals surface area contributed by atoms with Crippen LogP contribution >= 0.6 is 0 Å². The van der Waals surface area contributed by atoms with Gasteiger partial charge in [-0.25, -0.2) is 0 Å². The number of rotatable bonds is 0. The highest BCUT2D eigenvalue weighted by atomic mass is 16.3. The third-order valence-electron chi connectivity index (χ3n) is 13.6. The monoisotopic (exact) mass is 442 g/mol. The van der Waals surface area contributed by atoms with Gasteiger partial charge in [-0.1, -0.05) is 60.6 Å². The first-order valence-electron chi connectivity index (χ1n) is 13.8. The van der Waals surface area contributed by atoms with Crippen molar-refractivity contribution in [2.24, 2.45) is 56.7 Å². The predicted molar refractivity (Wildman–Crippen MR) is 132 cm³/mol. The van der Waals surface area contributed by atoms with Gasteiger partial charge in [-0.3, -0.25) is 0 Å². The summed E-state index contributed by atoms with van der Waals surface area (Å²) in [5.74, 6) is 2.56. The van der Waals surface area contributed by atoms with E-state index in [1.807, 2.05) is 0 Å². The average Bonchev–Trinajstić information content (AvgIpc) is 2.71. The highest BCUT2D eigenvalue weighted by Crippen LogP contribution is 2.76. The van der Waals surface area contributed by atoms with Crippen molar-refractivity contribution >= 4 is 0 Å². The standard InChI is InChI=1S/C30H50O2/c1-18-9-12-27(5)15-16-30(8)25(24(27)19(18)2)20(31)17-22-28(6)13-11-23(32)26(3,4)21(28)10-14-29(22,30)7/h19-25,31-32H,1,9-17H2,2-8H3/t19-,20+,21-,22+,23-,24+,25+,27+,28-,29+,30+/m0/s1. The van der Waals surface area contributed by atoms with Crippen LogP contribution in [-0.4, -0.2) is 22.4 Å². The van der Waals surface area contributed by atoms with E-state index in [4.69, 9.17) is 0 Å². The van der Waals surface area contributed by atoms with Crippen LogP contribution in [0.4, 0.5) is 0 Å². The topological polar surface area (TPSA) is 40.5 Å². The van der Waals surface area contributed by atoms with Crippen LogP contribution in [0.5, 0.6) is 0 Å². The molecule has 0 radical (unpaired) electrons. The maximum atomic E-state index is 12.0. The van der Waals surface area contributed by atoms with E-state index in [1.54, 1.807) is 0 Å². The Balaban J connectivity index is 1.58. The minimum absolute atomic E-state index is 0.0300. The number of allylic oxidation sites excluding steroid dienone is 1. The number of hydrogen-bond acceptors (Lipinski definition) is 2. The molecule has 0 amide bonds. The molecule has 5 aliphatic carbocycles. The molecule has 11 atom stereocenters. The summed E-state index contributed by atoms with van der Waals surface area (Å²) in [5.41, 5.74) is 2.41. The Morgan fingerprint density at radius 3 is 2.16 bits per heavy atom. The van der Waals surface area contributed by atoms with Crippen molar-refractivity contribution in [3.63, 3.8) is 0 Å². The molecule has 0 aromatic heterocycles. The summed E-state index contributed by atoms with van der Waals surface area (Å²) in [6.45, 7) is 21.8. The van der Waals surface area contributed by atoms with Crippen LogP contribution in [-0.2, 0) is 0 Å². The Hall–Kier alpha value is -0.340. The average molecular weight is 443 g/mol. The molecule has 0 aromatic rings. The zero-order chi connectivity index (χ0) is 23.5. The maximum absolute atomic E-state index is 12.0. The van der Waals surface area contributed by atoms with E-state index >= 15 is 0 Å². The van der Waals surface area contributed by atoms with Crippen LogP contribution in [0, 0.1) is 56.7 Å². The number of fused-ring (bicyclic) bond motifs is 7. The third kappa shape index (κ3) is 2.66. The molecule has 5 aliphatic rings. The second-order valence-corrected chi connectivity index (χ2v) is 14.8. The molecule has 0 bridgehead atoms. The Morgan fingerprint density at radius 1 is 0.781 bits per heavy atom. The van der Waals surface area contributed by atoms with Crippen LogP contribution in [0.15, 0.2) is 12.2 Å². The smallest absolute Gasteiger partial charge is 0.0594 e. The normalized spacial score (nSPS) is 59.4. The lowest BCUT2D eigenvalue weighted by atomic mass is 9.31. The lowest BCUT2D eigenvalue weighted by molar-refractivity contribution is -0.276. The summed E-state index contributed by atoms with van der Waals surface area (Å²) in [4.78, 5) is 0. The van der Waals surface area contributed by atoms with E-state index < -0.39 is 0 Å². The first-order chi connectivity index (χ1) is 14.7. The number of aliphatic hydroxyl groups excluding tert-OH is 2. The second kappa shape index (κ2) is 6.87. The van der Waals surface area contributed by atoms with E-state index in [0.717, 1.165) is 19.3 Å². The molecule has 0 unspecified atom stereocenters. The minimum atomic E-state index is -0.207. The fourth-order valence-corrected chi connectivity index (χ4v) is 11.3. The first kappa shape index (κ1) is 23.4. The van der Waals surface area contributed by atoms with E-state index in [0.29, 0.717) is 35.0 Å². The van der Waals surface area contributed by atoms with Crippen molar-refractivity contribution in [2.75, 3.05) is 0 Å². The van der Waals surface area contributed by atoms with E-state index in [2.05, 4.69) is 55.0 Å². The number of aliphatic hydroxyl groups is 2. The fourth-order valence-electron chi connectivity index (χ4n) is 11.3. The van der Waals surface area contributed by atoms with Gasteiger partial charge in [-0.15, -0.1) is 0 Å². The molecule has 2 nitrogen and oxygen atoms in total. The van der Waals surface area contributed by atoms with E-state index in [1.165, 1.54) is 44.1 Å². The van der Waals surface area contributed by atoms with Gasteiger partial charge in [-0.05, 0) is 114 Å². The molecular weight excluding hydrogens is 392 g/mol. The summed E-state index contributed by atoms with van der Waals surface area (Å²) in [6.07, 6.45) is 10.1. The van der Waals surface area contributed by atoms with Crippen LogP contribution in [0.2, 0.25) is 0 Å². The highest BCUT2D eigenvalue weighted by molar-refractivity contribution is 5.22. The molecule has 2 heteroatoms. The fraction of sp³-hybridized carbons (Fsp3) is 0.933. The molecule has 0 spiro atoms. The third-order valence-corrected chi connectivity index (χ3v) is 13.6. The van der Waals surface area contributed by atoms with E-state index in [-0.39, 0.29) is 33.9 Å². The van der Waals surface area contributed by atoms with Crippen molar-refractivity contribution < 1.29 is 10.2 Å². The van der Waals surface area contributed by atoms with Crippen molar-refractivity contribution in [1.29, 1.82) is 0 Å². The lowest BCUT2D eigenvalue weighted by Crippen LogP contribution is -2.70. The van der Waals surface area contributed by atoms with Gasteiger partial charge in [0, 0.05) is 0 Å². The van der Waals surface area contributed by atoms with Crippen molar-refractivity contribution in [3.8, 4) is 0 Å². The molecule has 32 heavy (non-hydrogen) atoms. The molecule has 5 fully saturated rings. The summed E-state index contributed by atoms with van der Waals surface area (Å²) < 4.78 is 0. The quantitative estimate of drug-likeness (QED) is 0.397. The van der Waals surface area contributed by atoms with Crippen molar-refractivity contribution in [1.82, 2.24) is 0 Å². The molecule has 2 N–H and O–H groups in total. The molecule has 0 aromatic carbocycles. The van der Waals surface area contributed by atoms with Crippen molar-refractivity contribution in [3.05, 3.63) is 12.2 Å². The van der Waals surface area contributed by atoms with Gasteiger partial charge >= 0.3 is 0 Å². The first-order valence-corrected chi connectivity index (χ1v) is 13.8. The lowest BCUT2D eigenvalue weighted by Gasteiger charge is -2.74. The molecule has 0 heterocycles. The van der Waals surface area contributed by atoms with Gasteiger partial charge < -0.3 is 10.2 Å².